The highest BCUT2D eigenvalue weighted by Crippen LogP contribution is 2.26. The number of benzene rings is 1. The van der Waals surface area contributed by atoms with Gasteiger partial charge < -0.3 is 8.92 Å². The summed E-state index contributed by atoms with van der Waals surface area (Å²) in [4.78, 5) is 11.2. The minimum absolute atomic E-state index is 0.0679. The second kappa shape index (κ2) is 7.63. The summed E-state index contributed by atoms with van der Waals surface area (Å²) in [6, 6.07) is 7.03. The van der Waals surface area contributed by atoms with Crippen LogP contribution in [0.15, 0.2) is 24.3 Å². The van der Waals surface area contributed by atoms with Crippen LogP contribution in [0.1, 0.15) is 46.1 Å². The number of hydrogen-bond donors (Lipinski definition) is 0. The number of carbonyl (C=O) groups is 1. The number of esters is 1. The highest BCUT2D eigenvalue weighted by molar-refractivity contribution is 7.87. The first-order chi connectivity index (χ1) is 10.1. The summed E-state index contributed by atoms with van der Waals surface area (Å²) in [7, 11) is -3.72. The van der Waals surface area contributed by atoms with Crippen molar-refractivity contribution < 1.29 is 22.1 Å². The minimum Gasteiger partial charge on any atom is -0.466 e. The van der Waals surface area contributed by atoms with Gasteiger partial charge in [0.1, 0.15) is 5.75 Å². The zero-order valence-electron chi connectivity index (χ0n) is 13.6. The van der Waals surface area contributed by atoms with Gasteiger partial charge in [0, 0.05) is 6.42 Å². The fourth-order valence-electron chi connectivity index (χ4n) is 1.83. The monoisotopic (exact) mass is 328 g/mol. The maximum absolute atomic E-state index is 11.9. The molecule has 0 heterocycles. The Morgan fingerprint density at radius 3 is 2.50 bits per heavy atom. The highest BCUT2D eigenvalue weighted by atomic mass is 32.2. The van der Waals surface area contributed by atoms with E-state index >= 15 is 0 Å². The average Bonchev–Trinajstić information content (AvgIpc) is 2.37. The lowest BCUT2D eigenvalue weighted by molar-refractivity contribution is -0.143. The normalized spacial score (nSPS) is 12.0. The van der Waals surface area contributed by atoms with E-state index in [1.54, 1.807) is 25.1 Å². The van der Waals surface area contributed by atoms with Gasteiger partial charge in [0.05, 0.1) is 12.4 Å². The largest absolute Gasteiger partial charge is 0.466 e. The quantitative estimate of drug-likeness (QED) is 0.568. The van der Waals surface area contributed by atoms with Crippen LogP contribution < -0.4 is 4.18 Å². The zero-order chi connectivity index (χ0) is 16.8. The van der Waals surface area contributed by atoms with E-state index in [9.17, 15) is 13.2 Å². The number of hydrogen-bond acceptors (Lipinski definition) is 5. The highest BCUT2D eigenvalue weighted by Gasteiger charge is 2.17. The van der Waals surface area contributed by atoms with Crippen LogP contribution in [0.2, 0.25) is 0 Å². The van der Waals surface area contributed by atoms with Crippen LogP contribution in [0.4, 0.5) is 0 Å². The van der Waals surface area contributed by atoms with Gasteiger partial charge in [0.15, 0.2) is 0 Å². The van der Waals surface area contributed by atoms with Crippen LogP contribution in [-0.4, -0.2) is 26.7 Å². The van der Waals surface area contributed by atoms with Crippen molar-refractivity contribution in [1.29, 1.82) is 0 Å². The van der Waals surface area contributed by atoms with Crippen LogP contribution >= 0.6 is 0 Å². The summed E-state index contributed by atoms with van der Waals surface area (Å²) in [5.74, 6) is -0.318. The van der Waals surface area contributed by atoms with Crippen LogP contribution in [0.25, 0.3) is 0 Å². The molecule has 0 aromatic heterocycles. The molecule has 0 aliphatic heterocycles. The maximum Gasteiger partial charge on any atom is 0.309 e. The van der Waals surface area contributed by atoms with Gasteiger partial charge in [-0.3, -0.25) is 4.79 Å². The van der Waals surface area contributed by atoms with E-state index in [-0.39, 0.29) is 24.0 Å². The second-order valence-corrected chi connectivity index (χ2v) is 7.72. The molecule has 0 saturated carbocycles. The SMILES string of the molecule is CCOC(=O)CCCS(=O)(=O)Oc1cccc(C(C)(C)C)c1. The van der Waals surface area contributed by atoms with Crippen molar-refractivity contribution in [2.45, 2.75) is 46.0 Å². The van der Waals surface area contributed by atoms with Crippen molar-refractivity contribution >= 4 is 16.1 Å². The lowest BCUT2D eigenvalue weighted by Gasteiger charge is -2.19. The Hall–Kier alpha value is -1.56. The van der Waals surface area contributed by atoms with Gasteiger partial charge >= 0.3 is 16.1 Å². The molecular formula is C16H24O5S. The molecule has 1 rings (SSSR count). The number of ether oxygens (including phenoxy) is 1. The van der Waals surface area contributed by atoms with Crippen molar-refractivity contribution in [2.24, 2.45) is 0 Å². The first kappa shape index (κ1) is 18.5. The van der Waals surface area contributed by atoms with Gasteiger partial charge in [-0.05, 0) is 36.5 Å². The van der Waals surface area contributed by atoms with Crippen molar-refractivity contribution in [3.8, 4) is 5.75 Å². The Kier molecular flexibility index (Phi) is 6.41. The minimum atomic E-state index is -3.72. The number of rotatable bonds is 7. The molecule has 0 aliphatic carbocycles. The molecule has 5 nitrogen and oxygen atoms in total. The molecule has 0 bridgehead atoms. The van der Waals surface area contributed by atoms with Crippen LogP contribution in [0.5, 0.6) is 5.75 Å². The lowest BCUT2D eigenvalue weighted by atomic mass is 9.87. The molecule has 22 heavy (non-hydrogen) atoms. The van der Waals surface area contributed by atoms with E-state index in [1.165, 1.54) is 0 Å². The van der Waals surface area contributed by atoms with Gasteiger partial charge in [-0.2, -0.15) is 8.42 Å². The predicted molar refractivity (Wildman–Crippen MR) is 85.4 cm³/mol. The van der Waals surface area contributed by atoms with Gasteiger partial charge in [-0.15, -0.1) is 0 Å². The van der Waals surface area contributed by atoms with Crippen LogP contribution in [0, 0.1) is 0 Å². The van der Waals surface area contributed by atoms with Crippen molar-refractivity contribution in [3.05, 3.63) is 29.8 Å². The summed E-state index contributed by atoms with van der Waals surface area (Å²) >= 11 is 0. The fourth-order valence-corrected chi connectivity index (χ4v) is 2.81. The van der Waals surface area contributed by atoms with Gasteiger partial charge in [-0.1, -0.05) is 32.9 Å². The van der Waals surface area contributed by atoms with Crippen LogP contribution in [-0.2, 0) is 25.1 Å². The molecule has 0 fully saturated rings. The predicted octanol–water partition coefficient (Wildman–Crippen LogP) is 3.04. The molecule has 124 valence electrons. The average molecular weight is 328 g/mol. The third-order valence-electron chi connectivity index (χ3n) is 3.00. The smallest absolute Gasteiger partial charge is 0.309 e. The summed E-state index contributed by atoms with van der Waals surface area (Å²) < 4.78 is 33.7. The van der Waals surface area contributed by atoms with Crippen molar-refractivity contribution in [3.63, 3.8) is 0 Å². The molecule has 0 N–H and O–H groups in total. The molecule has 1 aromatic carbocycles. The van der Waals surface area contributed by atoms with E-state index < -0.39 is 16.1 Å². The molecule has 0 amide bonds. The molecule has 0 radical (unpaired) electrons. The summed E-state index contributed by atoms with van der Waals surface area (Å²) in [6.07, 6.45) is 0.249. The Balaban J connectivity index is 2.63. The van der Waals surface area contributed by atoms with Crippen molar-refractivity contribution in [1.82, 2.24) is 0 Å². The molecule has 0 unspecified atom stereocenters. The molecule has 1 aromatic rings. The Morgan fingerprint density at radius 1 is 1.23 bits per heavy atom. The Morgan fingerprint density at radius 2 is 1.91 bits per heavy atom. The molecular weight excluding hydrogens is 304 g/mol. The van der Waals surface area contributed by atoms with E-state index in [1.807, 2.05) is 26.8 Å². The molecule has 6 heteroatoms. The standard InChI is InChI=1S/C16H24O5S/c1-5-20-15(17)10-7-11-22(18,19)21-14-9-6-8-13(12-14)16(2,3)4/h6,8-9,12H,5,7,10-11H2,1-4H3. The molecule has 0 spiro atoms. The Labute approximate surface area is 132 Å². The molecule has 0 aliphatic rings. The van der Waals surface area contributed by atoms with E-state index in [0.717, 1.165) is 5.56 Å². The van der Waals surface area contributed by atoms with Crippen molar-refractivity contribution in [2.75, 3.05) is 12.4 Å². The zero-order valence-corrected chi connectivity index (χ0v) is 14.4. The fraction of sp³-hybridized carbons (Fsp3) is 0.562. The molecule has 0 atom stereocenters. The first-order valence-electron chi connectivity index (χ1n) is 7.32. The van der Waals surface area contributed by atoms with E-state index in [4.69, 9.17) is 8.92 Å². The van der Waals surface area contributed by atoms with Crippen LogP contribution in [0.3, 0.4) is 0 Å². The number of carbonyl (C=O) groups excluding carboxylic acids is 1. The topological polar surface area (TPSA) is 69.7 Å². The van der Waals surface area contributed by atoms with E-state index in [2.05, 4.69) is 0 Å². The molecule has 0 saturated heterocycles. The van der Waals surface area contributed by atoms with Gasteiger partial charge in [0.2, 0.25) is 0 Å². The maximum atomic E-state index is 11.9. The second-order valence-electron chi connectivity index (χ2n) is 6.03. The third-order valence-corrected chi connectivity index (χ3v) is 4.24. The first-order valence-corrected chi connectivity index (χ1v) is 8.90. The Bertz CT molecular complexity index is 599. The summed E-state index contributed by atoms with van der Waals surface area (Å²) in [5.41, 5.74) is 0.902. The summed E-state index contributed by atoms with van der Waals surface area (Å²) in [5, 5.41) is 0. The van der Waals surface area contributed by atoms with Gasteiger partial charge in [0.25, 0.3) is 0 Å². The third kappa shape index (κ3) is 6.47. The van der Waals surface area contributed by atoms with Gasteiger partial charge in [-0.25, -0.2) is 0 Å². The summed E-state index contributed by atoms with van der Waals surface area (Å²) in [6.45, 7) is 8.13. The van der Waals surface area contributed by atoms with E-state index in [0.29, 0.717) is 12.4 Å². The lowest BCUT2D eigenvalue weighted by Crippen LogP contribution is -2.16.